The van der Waals surface area contributed by atoms with Crippen LogP contribution in [0.2, 0.25) is 0 Å². The van der Waals surface area contributed by atoms with Gasteiger partial charge in [-0.15, -0.1) is 0 Å². The molecule has 0 unspecified atom stereocenters. The number of nitrogens with two attached hydrogens (primary N) is 3. The molecule has 0 aliphatic rings. The van der Waals surface area contributed by atoms with E-state index in [9.17, 15) is 0 Å². The Morgan fingerprint density at radius 3 is 2.67 bits per heavy atom. The molecule has 1 aromatic rings. The van der Waals surface area contributed by atoms with Gasteiger partial charge in [-0.2, -0.15) is 0 Å². The Balaban J connectivity index is 3.04. The van der Waals surface area contributed by atoms with Crippen molar-refractivity contribution in [2.75, 3.05) is 12.3 Å². The summed E-state index contributed by atoms with van der Waals surface area (Å²) in [4.78, 5) is 0. The monoisotopic (exact) mass is 165 g/mol. The van der Waals surface area contributed by atoms with Crippen LogP contribution < -0.4 is 17.2 Å². The van der Waals surface area contributed by atoms with Crippen molar-refractivity contribution in [3.05, 3.63) is 29.3 Å². The molecule has 3 nitrogen and oxygen atoms in total. The standard InChI is InChI=1S/C9H15N3/c1-6-2-3-8(11)7(4-6)9(12)5-10/h2-4,9H,5,10-12H2,1H3/t9-/m0/s1. The fraction of sp³-hybridized carbons (Fsp3) is 0.333. The van der Waals surface area contributed by atoms with Crippen molar-refractivity contribution in [1.82, 2.24) is 0 Å². The largest absolute Gasteiger partial charge is 0.398 e. The maximum absolute atomic E-state index is 5.76. The van der Waals surface area contributed by atoms with Crippen molar-refractivity contribution >= 4 is 5.69 Å². The first-order valence-corrected chi connectivity index (χ1v) is 3.97. The first-order valence-electron chi connectivity index (χ1n) is 3.97. The molecule has 0 amide bonds. The average molecular weight is 165 g/mol. The molecule has 0 saturated carbocycles. The molecule has 66 valence electrons. The molecule has 0 bridgehead atoms. The van der Waals surface area contributed by atoms with Gasteiger partial charge in [-0.1, -0.05) is 17.7 Å². The summed E-state index contributed by atoms with van der Waals surface area (Å²) in [6, 6.07) is 5.65. The molecule has 6 N–H and O–H groups in total. The van der Waals surface area contributed by atoms with Crippen molar-refractivity contribution < 1.29 is 0 Å². The number of rotatable bonds is 2. The smallest absolute Gasteiger partial charge is 0.0440 e. The second kappa shape index (κ2) is 3.56. The third-order valence-corrected chi connectivity index (χ3v) is 1.90. The third-order valence-electron chi connectivity index (χ3n) is 1.90. The van der Waals surface area contributed by atoms with Crippen molar-refractivity contribution in [3.8, 4) is 0 Å². The summed E-state index contributed by atoms with van der Waals surface area (Å²) in [6.07, 6.45) is 0. The zero-order valence-corrected chi connectivity index (χ0v) is 7.25. The minimum absolute atomic E-state index is 0.148. The first-order chi connectivity index (χ1) is 5.65. The second-order valence-corrected chi connectivity index (χ2v) is 2.97. The summed E-state index contributed by atoms with van der Waals surface area (Å²) in [5.74, 6) is 0. The van der Waals surface area contributed by atoms with E-state index in [4.69, 9.17) is 17.2 Å². The van der Waals surface area contributed by atoms with Crippen molar-refractivity contribution in [1.29, 1.82) is 0 Å². The van der Waals surface area contributed by atoms with Gasteiger partial charge in [0.1, 0.15) is 0 Å². The zero-order valence-electron chi connectivity index (χ0n) is 7.25. The first kappa shape index (κ1) is 9.03. The van der Waals surface area contributed by atoms with Gasteiger partial charge in [-0.05, 0) is 18.6 Å². The summed E-state index contributed by atoms with van der Waals surface area (Å²) in [7, 11) is 0. The minimum Gasteiger partial charge on any atom is -0.398 e. The average Bonchev–Trinajstić information content (AvgIpc) is 2.08. The van der Waals surface area contributed by atoms with Gasteiger partial charge in [0.25, 0.3) is 0 Å². The molecular weight excluding hydrogens is 150 g/mol. The number of hydrogen-bond donors (Lipinski definition) is 3. The minimum atomic E-state index is -0.148. The normalized spacial score (nSPS) is 12.9. The predicted octanol–water partition coefficient (Wildman–Crippen LogP) is 0.536. The van der Waals surface area contributed by atoms with Crippen molar-refractivity contribution in [2.24, 2.45) is 11.5 Å². The molecule has 0 fully saturated rings. The lowest BCUT2D eigenvalue weighted by Gasteiger charge is -2.12. The number of anilines is 1. The lowest BCUT2D eigenvalue weighted by Crippen LogP contribution is -2.21. The van der Waals surface area contributed by atoms with Crippen molar-refractivity contribution in [3.63, 3.8) is 0 Å². The Morgan fingerprint density at radius 1 is 1.42 bits per heavy atom. The van der Waals surface area contributed by atoms with Gasteiger partial charge in [-0.3, -0.25) is 0 Å². The molecule has 0 aromatic heterocycles. The van der Waals surface area contributed by atoms with E-state index in [2.05, 4.69) is 0 Å². The van der Waals surface area contributed by atoms with Crippen LogP contribution in [0.3, 0.4) is 0 Å². The summed E-state index contributed by atoms with van der Waals surface area (Å²) in [6.45, 7) is 2.43. The van der Waals surface area contributed by atoms with Crippen LogP contribution in [0.25, 0.3) is 0 Å². The second-order valence-electron chi connectivity index (χ2n) is 2.97. The summed E-state index contributed by atoms with van der Waals surface area (Å²) in [5.41, 5.74) is 19.8. The number of benzene rings is 1. The van der Waals surface area contributed by atoms with Crippen molar-refractivity contribution in [2.45, 2.75) is 13.0 Å². The third kappa shape index (κ3) is 1.75. The predicted molar refractivity (Wildman–Crippen MR) is 51.6 cm³/mol. The van der Waals surface area contributed by atoms with Gasteiger partial charge in [0.2, 0.25) is 0 Å². The molecule has 1 atom stereocenters. The topological polar surface area (TPSA) is 78.1 Å². The summed E-state index contributed by atoms with van der Waals surface area (Å²) < 4.78 is 0. The van der Waals surface area contributed by atoms with Crippen LogP contribution >= 0.6 is 0 Å². The van der Waals surface area contributed by atoms with Crippen LogP contribution in [0.1, 0.15) is 17.2 Å². The molecule has 1 rings (SSSR count). The van der Waals surface area contributed by atoms with E-state index < -0.39 is 0 Å². The number of hydrogen-bond acceptors (Lipinski definition) is 3. The van der Waals surface area contributed by atoms with Gasteiger partial charge in [-0.25, -0.2) is 0 Å². The molecule has 1 aromatic carbocycles. The molecule has 0 spiro atoms. The molecule has 0 radical (unpaired) electrons. The van der Waals surface area contributed by atoms with E-state index in [1.54, 1.807) is 0 Å². The van der Waals surface area contributed by atoms with Gasteiger partial charge < -0.3 is 17.2 Å². The molecular formula is C9H15N3. The van der Waals surface area contributed by atoms with E-state index >= 15 is 0 Å². The zero-order chi connectivity index (χ0) is 9.14. The Bertz CT molecular complexity index is 270. The van der Waals surface area contributed by atoms with Gasteiger partial charge >= 0.3 is 0 Å². The highest BCUT2D eigenvalue weighted by Crippen LogP contribution is 2.18. The van der Waals surface area contributed by atoms with Gasteiger partial charge in [0.05, 0.1) is 0 Å². The molecule has 0 aliphatic heterocycles. The van der Waals surface area contributed by atoms with E-state index in [0.717, 1.165) is 16.8 Å². The SMILES string of the molecule is Cc1ccc(N)c([C@@H](N)CN)c1. The van der Waals surface area contributed by atoms with Crippen LogP contribution in [0.5, 0.6) is 0 Å². The van der Waals surface area contributed by atoms with Gasteiger partial charge in [0, 0.05) is 18.3 Å². The van der Waals surface area contributed by atoms with Gasteiger partial charge in [0.15, 0.2) is 0 Å². The molecule has 0 aliphatic carbocycles. The van der Waals surface area contributed by atoms with E-state index in [1.807, 2.05) is 25.1 Å². The van der Waals surface area contributed by atoms with Crippen LogP contribution in [-0.4, -0.2) is 6.54 Å². The molecule has 12 heavy (non-hydrogen) atoms. The number of nitrogen functional groups attached to an aromatic ring is 1. The van der Waals surface area contributed by atoms with E-state index in [0.29, 0.717) is 6.54 Å². The Hall–Kier alpha value is -1.06. The summed E-state index contributed by atoms with van der Waals surface area (Å²) in [5, 5.41) is 0. The van der Waals surface area contributed by atoms with Crippen LogP contribution in [0.4, 0.5) is 5.69 Å². The maximum atomic E-state index is 5.76. The highest BCUT2D eigenvalue weighted by Gasteiger charge is 2.06. The van der Waals surface area contributed by atoms with Crippen LogP contribution in [0, 0.1) is 6.92 Å². The quantitative estimate of drug-likeness (QED) is 0.559. The summed E-state index contributed by atoms with van der Waals surface area (Å²) >= 11 is 0. The Kier molecular flexibility index (Phi) is 2.68. The van der Waals surface area contributed by atoms with E-state index in [-0.39, 0.29) is 6.04 Å². The molecule has 0 saturated heterocycles. The van der Waals surface area contributed by atoms with Crippen LogP contribution in [0.15, 0.2) is 18.2 Å². The van der Waals surface area contributed by atoms with Crippen LogP contribution in [-0.2, 0) is 0 Å². The number of aryl methyl sites for hydroxylation is 1. The fourth-order valence-corrected chi connectivity index (χ4v) is 1.14. The lowest BCUT2D eigenvalue weighted by molar-refractivity contribution is 0.738. The fourth-order valence-electron chi connectivity index (χ4n) is 1.14. The highest BCUT2D eigenvalue weighted by molar-refractivity contribution is 5.50. The molecule has 3 heteroatoms. The lowest BCUT2D eigenvalue weighted by atomic mass is 10.0. The Labute approximate surface area is 72.5 Å². The highest BCUT2D eigenvalue weighted by atomic mass is 14.7. The Morgan fingerprint density at radius 2 is 2.08 bits per heavy atom. The van der Waals surface area contributed by atoms with E-state index in [1.165, 1.54) is 0 Å². The molecule has 0 heterocycles. The maximum Gasteiger partial charge on any atom is 0.0440 e.